The molecule has 0 aromatic heterocycles. The van der Waals surface area contributed by atoms with E-state index in [0.717, 1.165) is 6.42 Å². The lowest BCUT2D eigenvalue weighted by Crippen LogP contribution is -2.54. The van der Waals surface area contributed by atoms with Gasteiger partial charge in [0.15, 0.2) is 0 Å². The van der Waals surface area contributed by atoms with Crippen molar-refractivity contribution in [3.63, 3.8) is 0 Å². The lowest BCUT2D eigenvalue weighted by molar-refractivity contribution is -0.384. The van der Waals surface area contributed by atoms with Gasteiger partial charge in [0.2, 0.25) is 0 Å². The van der Waals surface area contributed by atoms with E-state index >= 15 is 0 Å². The van der Waals surface area contributed by atoms with Crippen molar-refractivity contribution >= 4 is 17.6 Å². The van der Waals surface area contributed by atoms with Crippen molar-refractivity contribution in [3.8, 4) is 0 Å². The number of nitrogens with zero attached hydrogens (tertiary/aromatic N) is 1. The van der Waals surface area contributed by atoms with Crippen molar-refractivity contribution in [2.24, 2.45) is 0 Å². The van der Waals surface area contributed by atoms with E-state index in [1.807, 2.05) is 0 Å². The second kappa shape index (κ2) is 5.51. The number of carboxylic acid groups (broad SMARTS) is 1. The zero-order valence-corrected chi connectivity index (χ0v) is 11.6. The van der Waals surface area contributed by atoms with Gasteiger partial charge >= 0.3 is 5.97 Å². The minimum Gasteiger partial charge on any atom is -0.481 e. The summed E-state index contributed by atoms with van der Waals surface area (Å²) in [6.45, 7) is 1.62. The number of aryl methyl sites for hydroxylation is 1. The third-order valence-electron chi connectivity index (χ3n) is 3.84. The highest BCUT2D eigenvalue weighted by Gasteiger charge is 2.40. The molecular formula is C14H16N2O5. The van der Waals surface area contributed by atoms with Gasteiger partial charge in [-0.1, -0.05) is 0 Å². The number of hydrogen-bond donors (Lipinski definition) is 2. The molecule has 112 valence electrons. The van der Waals surface area contributed by atoms with Crippen LogP contribution in [0.15, 0.2) is 18.2 Å². The normalized spacial score (nSPS) is 15.9. The van der Waals surface area contributed by atoms with Gasteiger partial charge < -0.3 is 10.4 Å². The lowest BCUT2D eigenvalue weighted by atomic mass is 9.74. The highest BCUT2D eigenvalue weighted by molar-refractivity contribution is 5.96. The standard InChI is InChI=1S/C14H16N2O5/c1-9-7-10(16(20)21)3-4-11(9)13(19)15-14(5-2-6-14)8-12(17)18/h3-4,7H,2,5-6,8H2,1H3,(H,15,19)(H,17,18). The van der Waals surface area contributed by atoms with E-state index in [4.69, 9.17) is 5.11 Å². The SMILES string of the molecule is Cc1cc([N+](=O)[O-])ccc1C(=O)NC1(CC(=O)O)CCC1. The number of carboxylic acids is 1. The number of hydrogen-bond acceptors (Lipinski definition) is 4. The molecule has 1 aliphatic rings. The molecule has 1 aromatic rings. The van der Waals surface area contributed by atoms with Crippen LogP contribution < -0.4 is 5.32 Å². The molecule has 1 saturated carbocycles. The first kappa shape index (κ1) is 15.0. The fourth-order valence-corrected chi connectivity index (χ4v) is 2.56. The number of carbonyl (C=O) groups excluding carboxylic acids is 1. The molecule has 0 unspecified atom stereocenters. The van der Waals surface area contributed by atoms with Crippen LogP contribution in [0.3, 0.4) is 0 Å². The third kappa shape index (κ3) is 3.18. The Morgan fingerprint density at radius 2 is 2.10 bits per heavy atom. The molecule has 0 radical (unpaired) electrons. The maximum absolute atomic E-state index is 12.3. The van der Waals surface area contributed by atoms with Crippen molar-refractivity contribution in [2.75, 3.05) is 0 Å². The zero-order chi connectivity index (χ0) is 15.6. The topological polar surface area (TPSA) is 110 Å². The zero-order valence-electron chi connectivity index (χ0n) is 11.6. The summed E-state index contributed by atoms with van der Waals surface area (Å²) in [6, 6.07) is 4.00. The van der Waals surface area contributed by atoms with Gasteiger partial charge in [0.05, 0.1) is 16.9 Å². The van der Waals surface area contributed by atoms with Crippen LogP contribution in [0.2, 0.25) is 0 Å². The Labute approximate surface area is 121 Å². The number of rotatable bonds is 5. The number of nitro benzene ring substituents is 1. The summed E-state index contributed by atoms with van der Waals surface area (Å²) in [5, 5.41) is 22.4. The average Bonchev–Trinajstić information content (AvgIpc) is 2.35. The molecule has 1 aliphatic carbocycles. The van der Waals surface area contributed by atoms with Gasteiger partial charge in [-0.2, -0.15) is 0 Å². The molecule has 7 heteroatoms. The van der Waals surface area contributed by atoms with Crippen LogP contribution in [-0.2, 0) is 4.79 Å². The molecule has 0 aliphatic heterocycles. The molecular weight excluding hydrogens is 276 g/mol. The highest BCUT2D eigenvalue weighted by Crippen LogP contribution is 2.35. The number of benzene rings is 1. The minimum atomic E-state index is -0.949. The van der Waals surface area contributed by atoms with Gasteiger partial charge in [-0.3, -0.25) is 19.7 Å². The molecule has 0 atom stereocenters. The number of nitrogens with one attached hydrogen (secondary N) is 1. The van der Waals surface area contributed by atoms with Gasteiger partial charge in [0, 0.05) is 17.7 Å². The van der Waals surface area contributed by atoms with Gasteiger partial charge in [-0.05, 0) is 37.8 Å². The Morgan fingerprint density at radius 3 is 2.52 bits per heavy atom. The molecule has 0 spiro atoms. The van der Waals surface area contributed by atoms with Crippen LogP contribution in [-0.4, -0.2) is 27.4 Å². The monoisotopic (exact) mass is 292 g/mol. The Bertz CT molecular complexity index is 607. The molecule has 1 amide bonds. The Kier molecular flexibility index (Phi) is 3.93. The van der Waals surface area contributed by atoms with Crippen molar-refractivity contribution in [2.45, 2.75) is 38.1 Å². The predicted octanol–water partition coefficient (Wildman–Crippen LogP) is 2.03. The largest absolute Gasteiger partial charge is 0.481 e. The van der Waals surface area contributed by atoms with E-state index in [9.17, 15) is 19.7 Å². The second-order valence-corrected chi connectivity index (χ2v) is 5.41. The van der Waals surface area contributed by atoms with Gasteiger partial charge in [-0.25, -0.2) is 0 Å². The van der Waals surface area contributed by atoms with Gasteiger partial charge in [0.1, 0.15) is 0 Å². The highest BCUT2D eigenvalue weighted by atomic mass is 16.6. The summed E-state index contributed by atoms with van der Waals surface area (Å²) in [5.74, 6) is -1.33. The molecule has 2 N–H and O–H groups in total. The van der Waals surface area contributed by atoms with E-state index in [1.54, 1.807) is 6.92 Å². The van der Waals surface area contributed by atoms with Crippen molar-refractivity contribution in [1.29, 1.82) is 0 Å². The van der Waals surface area contributed by atoms with E-state index in [-0.39, 0.29) is 18.0 Å². The first-order valence-corrected chi connectivity index (χ1v) is 6.62. The number of amides is 1. The predicted molar refractivity (Wildman–Crippen MR) is 74.1 cm³/mol. The van der Waals surface area contributed by atoms with Crippen molar-refractivity contribution in [3.05, 3.63) is 39.4 Å². The fraction of sp³-hybridized carbons (Fsp3) is 0.429. The second-order valence-electron chi connectivity index (χ2n) is 5.41. The van der Waals surface area contributed by atoms with Crippen LogP contribution in [0, 0.1) is 17.0 Å². The molecule has 7 nitrogen and oxygen atoms in total. The van der Waals surface area contributed by atoms with Gasteiger partial charge in [0.25, 0.3) is 11.6 Å². The molecule has 1 fully saturated rings. The maximum Gasteiger partial charge on any atom is 0.305 e. The van der Waals surface area contributed by atoms with Crippen LogP contribution in [0.4, 0.5) is 5.69 Å². The Hall–Kier alpha value is -2.44. The average molecular weight is 292 g/mol. The molecule has 2 rings (SSSR count). The summed E-state index contributed by atoms with van der Waals surface area (Å²) >= 11 is 0. The van der Waals surface area contributed by atoms with E-state index in [0.29, 0.717) is 24.0 Å². The number of carbonyl (C=O) groups is 2. The summed E-state index contributed by atoms with van der Waals surface area (Å²) in [4.78, 5) is 33.3. The van der Waals surface area contributed by atoms with Crippen LogP contribution in [0.1, 0.15) is 41.6 Å². The van der Waals surface area contributed by atoms with Crippen LogP contribution in [0.25, 0.3) is 0 Å². The Balaban J connectivity index is 2.17. The van der Waals surface area contributed by atoms with Crippen LogP contribution in [0.5, 0.6) is 0 Å². The molecule has 1 aromatic carbocycles. The first-order chi connectivity index (χ1) is 9.83. The quantitative estimate of drug-likeness (QED) is 0.637. The first-order valence-electron chi connectivity index (χ1n) is 6.62. The summed E-state index contributed by atoms with van der Waals surface area (Å²) in [7, 11) is 0. The van der Waals surface area contributed by atoms with Gasteiger partial charge in [-0.15, -0.1) is 0 Å². The van der Waals surface area contributed by atoms with E-state index in [1.165, 1.54) is 18.2 Å². The van der Waals surface area contributed by atoms with E-state index < -0.39 is 16.4 Å². The Morgan fingerprint density at radius 1 is 1.43 bits per heavy atom. The summed E-state index contributed by atoms with van der Waals surface area (Å²) < 4.78 is 0. The lowest BCUT2D eigenvalue weighted by Gasteiger charge is -2.41. The summed E-state index contributed by atoms with van der Waals surface area (Å²) in [5.41, 5.74) is 0.0635. The smallest absolute Gasteiger partial charge is 0.305 e. The molecule has 0 saturated heterocycles. The molecule has 0 heterocycles. The van der Waals surface area contributed by atoms with E-state index in [2.05, 4.69) is 5.32 Å². The number of nitro groups is 1. The maximum atomic E-state index is 12.3. The molecule has 0 bridgehead atoms. The number of aliphatic carboxylic acids is 1. The van der Waals surface area contributed by atoms with Crippen molar-refractivity contribution < 1.29 is 19.6 Å². The minimum absolute atomic E-state index is 0.0760. The van der Waals surface area contributed by atoms with Crippen molar-refractivity contribution in [1.82, 2.24) is 5.32 Å². The summed E-state index contributed by atoms with van der Waals surface area (Å²) in [6.07, 6.45) is 2.05. The number of non-ortho nitro benzene ring substituents is 1. The molecule has 21 heavy (non-hydrogen) atoms. The fourth-order valence-electron chi connectivity index (χ4n) is 2.56. The third-order valence-corrected chi connectivity index (χ3v) is 3.84. The van der Waals surface area contributed by atoms with Crippen LogP contribution >= 0.6 is 0 Å².